The molecule has 19 heavy (non-hydrogen) atoms. The lowest BCUT2D eigenvalue weighted by atomic mass is 10.2. The van der Waals surface area contributed by atoms with Crippen molar-refractivity contribution in [2.75, 3.05) is 0 Å². The van der Waals surface area contributed by atoms with Crippen LogP contribution < -0.4 is 0 Å². The van der Waals surface area contributed by atoms with E-state index in [2.05, 4.69) is 0 Å². The van der Waals surface area contributed by atoms with Gasteiger partial charge >= 0.3 is 6.18 Å². The van der Waals surface area contributed by atoms with Crippen molar-refractivity contribution in [3.05, 3.63) is 29.8 Å². The molecule has 0 spiro atoms. The Labute approximate surface area is 108 Å². The van der Waals surface area contributed by atoms with E-state index >= 15 is 0 Å². The van der Waals surface area contributed by atoms with Crippen molar-refractivity contribution in [1.29, 1.82) is 0 Å². The van der Waals surface area contributed by atoms with Crippen molar-refractivity contribution in [1.82, 2.24) is 0 Å². The molecular formula is C12H11F3O3S. The van der Waals surface area contributed by atoms with E-state index in [0.717, 1.165) is 12.1 Å². The number of hydrogen-bond donors (Lipinski definition) is 0. The van der Waals surface area contributed by atoms with E-state index in [0.29, 0.717) is 18.6 Å². The molecule has 1 atom stereocenters. The predicted molar refractivity (Wildman–Crippen MR) is 61.3 cm³/mol. The number of sulfone groups is 1. The van der Waals surface area contributed by atoms with Gasteiger partial charge in [-0.3, -0.25) is 4.79 Å². The van der Waals surface area contributed by atoms with E-state index in [-0.39, 0.29) is 23.5 Å². The first-order chi connectivity index (χ1) is 8.73. The normalized spacial score (nSPS) is 20.8. The number of Topliss-reactive ketones (excluding diaryl/α,β-unsaturated/α-hetero) is 1. The van der Waals surface area contributed by atoms with Gasteiger partial charge in [0.1, 0.15) is 5.25 Å². The molecule has 0 saturated heterocycles. The van der Waals surface area contributed by atoms with Crippen LogP contribution in [-0.4, -0.2) is 19.5 Å². The molecule has 1 unspecified atom stereocenters. The zero-order valence-electron chi connectivity index (χ0n) is 9.77. The van der Waals surface area contributed by atoms with Gasteiger partial charge < -0.3 is 0 Å². The van der Waals surface area contributed by atoms with Crippen LogP contribution in [0.3, 0.4) is 0 Å². The first-order valence-electron chi connectivity index (χ1n) is 5.67. The van der Waals surface area contributed by atoms with Crippen LogP contribution in [0.1, 0.15) is 24.8 Å². The molecule has 1 aromatic carbocycles. The van der Waals surface area contributed by atoms with Crippen LogP contribution >= 0.6 is 0 Å². The smallest absolute Gasteiger partial charge is 0.298 e. The Bertz CT molecular complexity index is 588. The minimum atomic E-state index is -4.51. The fourth-order valence-corrected chi connectivity index (χ4v) is 3.89. The standard InChI is InChI=1S/C12H11F3O3S/c13-12(14,15)8-4-6-9(7-5-8)19(17,18)11-3-1-2-10(11)16/h4-7,11H,1-3H2. The maximum atomic E-state index is 12.4. The molecule has 1 fully saturated rings. The number of benzene rings is 1. The highest BCUT2D eigenvalue weighted by Gasteiger charge is 2.37. The van der Waals surface area contributed by atoms with Crippen LogP contribution in [-0.2, 0) is 20.8 Å². The van der Waals surface area contributed by atoms with Gasteiger partial charge in [0, 0.05) is 6.42 Å². The lowest BCUT2D eigenvalue weighted by Gasteiger charge is -2.11. The summed E-state index contributed by atoms with van der Waals surface area (Å²) in [5.41, 5.74) is -0.913. The number of carbonyl (C=O) groups is 1. The zero-order valence-corrected chi connectivity index (χ0v) is 10.6. The van der Waals surface area contributed by atoms with E-state index in [9.17, 15) is 26.4 Å². The maximum absolute atomic E-state index is 12.4. The third kappa shape index (κ3) is 2.65. The molecule has 0 aromatic heterocycles. The van der Waals surface area contributed by atoms with Crippen molar-refractivity contribution < 1.29 is 26.4 Å². The topological polar surface area (TPSA) is 51.2 Å². The van der Waals surface area contributed by atoms with Gasteiger partial charge in [0.15, 0.2) is 15.6 Å². The van der Waals surface area contributed by atoms with Crippen LogP contribution in [0.25, 0.3) is 0 Å². The Morgan fingerprint density at radius 1 is 1.11 bits per heavy atom. The molecule has 0 amide bonds. The summed E-state index contributed by atoms with van der Waals surface area (Å²) < 4.78 is 61.3. The number of alkyl halides is 3. The van der Waals surface area contributed by atoms with E-state index < -0.39 is 26.8 Å². The number of rotatable bonds is 2. The molecule has 1 saturated carbocycles. The summed E-state index contributed by atoms with van der Waals surface area (Å²) in [6, 6.07) is 3.24. The van der Waals surface area contributed by atoms with Crippen LogP contribution in [0.15, 0.2) is 29.2 Å². The second-order valence-corrected chi connectivity index (χ2v) is 6.54. The Hall–Kier alpha value is -1.37. The highest BCUT2D eigenvalue weighted by atomic mass is 32.2. The summed E-state index contributed by atoms with van der Waals surface area (Å²) in [7, 11) is -3.87. The minimum absolute atomic E-state index is 0.213. The molecule has 0 radical (unpaired) electrons. The second-order valence-electron chi connectivity index (χ2n) is 4.41. The van der Waals surface area contributed by atoms with E-state index in [1.54, 1.807) is 0 Å². The van der Waals surface area contributed by atoms with Gasteiger partial charge in [-0.2, -0.15) is 13.2 Å². The fourth-order valence-electron chi connectivity index (χ4n) is 2.11. The minimum Gasteiger partial charge on any atom is -0.298 e. The van der Waals surface area contributed by atoms with Gasteiger partial charge in [0.2, 0.25) is 0 Å². The molecule has 0 heterocycles. The van der Waals surface area contributed by atoms with Gasteiger partial charge in [-0.05, 0) is 37.1 Å². The highest BCUT2D eigenvalue weighted by molar-refractivity contribution is 7.92. The molecule has 2 rings (SSSR count). The lowest BCUT2D eigenvalue weighted by Crippen LogP contribution is -2.25. The quantitative estimate of drug-likeness (QED) is 0.842. The monoisotopic (exact) mass is 292 g/mol. The molecule has 7 heteroatoms. The summed E-state index contributed by atoms with van der Waals surface area (Å²) in [4.78, 5) is 11.2. The molecule has 3 nitrogen and oxygen atoms in total. The molecule has 0 bridgehead atoms. The fraction of sp³-hybridized carbons (Fsp3) is 0.417. The zero-order chi connectivity index (χ0) is 14.3. The van der Waals surface area contributed by atoms with Gasteiger partial charge in [0.05, 0.1) is 10.5 Å². The third-order valence-corrected chi connectivity index (χ3v) is 5.31. The van der Waals surface area contributed by atoms with Gasteiger partial charge in [-0.15, -0.1) is 0 Å². The predicted octanol–water partition coefficient (Wildman–Crippen LogP) is 2.60. The number of ketones is 1. The Morgan fingerprint density at radius 2 is 1.68 bits per heavy atom. The number of carbonyl (C=O) groups excluding carboxylic acids is 1. The first kappa shape index (κ1) is 14.0. The molecular weight excluding hydrogens is 281 g/mol. The van der Waals surface area contributed by atoms with E-state index in [1.807, 2.05) is 0 Å². The van der Waals surface area contributed by atoms with Gasteiger partial charge in [0.25, 0.3) is 0 Å². The van der Waals surface area contributed by atoms with E-state index in [4.69, 9.17) is 0 Å². The molecule has 0 aliphatic heterocycles. The average molecular weight is 292 g/mol. The van der Waals surface area contributed by atoms with Crippen molar-refractivity contribution in [2.45, 2.75) is 35.6 Å². The van der Waals surface area contributed by atoms with Crippen molar-refractivity contribution in [3.63, 3.8) is 0 Å². The van der Waals surface area contributed by atoms with Crippen LogP contribution in [0.5, 0.6) is 0 Å². The maximum Gasteiger partial charge on any atom is 0.416 e. The lowest BCUT2D eigenvalue weighted by molar-refractivity contribution is -0.137. The number of halogens is 3. The van der Waals surface area contributed by atoms with Crippen LogP contribution in [0.4, 0.5) is 13.2 Å². The van der Waals surface area contributed by atoms with Crippen LogP contribution in [0, 0.1) is 0 Å². The van der Waals surface area contributed by atoms with Gasteiger partial charge in [-0.1, -0.05) is 0 Å². The van der Waals surface area contributed by atoms with E-state index in [1.165, 1.54) is 0 Å². The molecule has 104 valence electrons. The Balaban J connectivity index is 2.34. The molecule has 1 aliphatic rings. The second kappa shape index (κ2) is 4.63. The number of hydrogen-bond acceptors (Lipinski definition) is 3. The molecule has 1 aliphatic carbocycles. The Kier molecular flexibility index (Phi) is 3.42. The third-order valence-electron chi connectivity index (χ3n) is 3.13. The van der Waals surface area contributed by atoms with Crippen molar-refractivity contribution in [2.24, 2.45) is 0 Å². The first-order valence-corrected chi connectivity index (χ1v) is 7.21. The molecule has 0 N–H and O–H groups in total. The Morgan fingerprint density at radius 3 is 2.11 bits per heavy atom. The average Bonchev–Trinajstić information content (AvgIpc) is 2.75. The summed E-state index contributed by atoms with van der Waals surface area (Å²) >= 11 is 0. The largest absolute Gasteiger partial charge is 0.416 e. The molecule has 1 aromatic rings. The summed E-state index contributed by atoms with van der Waals surface area (Å²) in [5, 5.41) is -1.11. The summed E-state index contributed by atoms with van der Waals surface area (Å²) in [6.45, 7) is 0. The van der Waals surface area contributed by atoms with Crippen LogP contribution in [0.2, 0.25) is 0 Å². The highest BCUT2D eigenvalue weighted by Crippen LogP contribution is 2.32. The summed E-state index contributed by atoms with van der Waals surface area (Å²) in [5.74, 6) is -0.361. The van der Waals surface area contributed by atoms with Crippen molar-refractivity contribution >= 4 is 15.6 Å². The van der Waals surface area contributed by atoms with Crippen molar-refractivity contribution in [3.8, 4) is 0 Å². The summed E-state index contributed by atoms with van der Waals surface area (Å²) in [6.07, 6.45) is -3.55. The SMILES string of the molecule is O=C1CCCC1S(=O)(=O)c1ccc(C(F)(F)F)cc1. The van der Waals surface area contributed by atoms with Gasteiger partial charge in [-0.25, -0.2) is 8.42 Å².